The maximum Gasteiger partial charge on any atom is 0.340 e. The van der Waals surface area contributed by atoms with Gasteiger partial charge < -0.3 is 15.8 Å². The Morgan fingerprint density at radius 3 is 2.71 bits per heavy atom. The molecule has 116 valence electrons. The summed E-state index contributed by atoms with van der Waals surface area (Å²) in [6, 6.07) is 2.63. The second-order valence-electron chi connectivity index (χ2n) is 5.31. The molecule has 0 heterocycles. The molecule has 1 aromatic carbocycles. The lowest BCUT2D eigenvalue weighted by Crippen LogP contribution is -2.37. The first kappa shape index (κ1) is 15.7. The Morgan fingerprint density at radius 2 is 2.05 bits per heavy atom. The van der Waals surface area contributed by atoms with Crippen LogP contribution >= 0.6 is 0 Å². The molecular formula is C15H20F2N2O2. The zero-order valence-electron chi connectivity index (χ0n) is 12.0. The van der Waals surface area contributed by atoms with Gasteiger partial charge in [-0.1, -0.05) is 12.8 Å². The van der Waals surface area contributed by atoms with Crippen LogP contribution in [0.15, 0.2) is 12.1 Å². The summed E-state index contributed by atoms with van der Waals surface area (Å²) >= 11 is 0. The number of nitrogens with one attached hydrogen (secondary N) is 1. The van der Waals surface area contributed by atoms with E-state index >= 15 is 0 Å². The Bertz CT molecular complexity index is 523. The Hall–Kier alpha value is -1.69. The maximum absolute atomic E-state index is 14.1. The molecule has 0 aromatic heterocycles. The third kappa shape index (κ3) is 3.32. The van der Waals surface area contributed by atoms with Crippen molar-refractivity contribution in [3.63, 3.8) is 0 Å². The average Bonchev–Trinajstić information content (AvgIpc) is 2.51. The minimum atomic E-state index is -1.19. The second-order valence-corrected chi connectivity index (χ2v) is 5.31. The first-order chi connectivity index (χ1) is 10.1. The van der Waals surface area contributed by atoms with Crippen LogP contribution in [-0.4, -0.2) is 25.7 Å². The van der Waals surface area contributed by atoms with Gasteiger partial charge in [0.15, 0.2) is 11.6 Å². The average molecular weight is 298 g/mol. The van der Waals surface area contributed by atoms with E-state index in [1.165, 1.54) is 12.1 Å². The number of carbonyl (C=O) groups is 1. The smallest absolute Gasteiger partial charge is 0.340 e. The number of anilines is 1. The molecule has 1 fully saturated rings. The summed E-state index contributed by atoms with van der Waals surface area (Å²) in [6.45, 7) is 0.516. The standard InChI is InChI=1S/C15H20F2N2O2/c1-21-15(20)10-6-7-12(14(17)13(10)16)19-11-5-3-2-4-9(11)8-18/h6-7,9,11,19H,2-5,8,18H2,1H3. The van der Waals surface area contributed by atoms with Crippen LogP contribution in [0.1, 0.15) is 36.0 Å². The highest BCUT2D eigenvalue weighted by atomic mass is 19.2. The van der Waals surface area contributed by atoms with Crippen LogP contribution in [0.5, 0.6) is 0 Å². The lowest BCUT2D eigenvalue weighted by Gasteiger charge is -2.32. The Labute approximate surface area is 122 Å². The number of halogens is 2. The molecule has 2 atom stereocenters. The Morgan fingerprint density at radius 1 is 1.33 bits per heavy atom. The quantitative estimate of drug-likeness (QED) is 0.839. The number of benzene rings is 1. The fraction of sp³-hybridized carbons (Fsp3) is 0.533. The predicted molar refractivity (Wildman–Crippen MR) is 76.1 cm³/mol. The first-order valence-electron chi connectivity index (χ1n) is 7.11. The molecule has 1 saturated carbocycles. The van der Waals surface area contributed by atoms with Crippen molar-refractivity contribution in [3.05, 3.63) is 29.3 Å². The number of hydrogen-bond acceptors (Lipinski definition) is 4. The van der Waals surface area contributed by atoms with Crippen molar-refractivity contribution in [2.45, 2.75) is 31.7 Å². The molecule has 1 aliphatic carbocycles. The maximum atomic E-state index is 14.1. The summed E-state index contributed by atoms with van der Waals surface area (Å²) in [5.74, 6) is -2.89. The van der Waals surface area contributed by atoms with Crippen molar-refractivity contribution in [3.8, 4) is 0 Å². The number of esters is 1. The van der Waals surface area contributed by atoms with Crippen LogP contribution in [0.4, 0.5) is 14.5 Å². The molecule has 3 N–H and O–H groups in total. The lowest BCUT2D eigenvalue weighted by atomic mass is 9.84. The third-order valence-electron chi connectivity index (χ3n) is 4.04. The van der Waals surface area contributed by atoms with E-state index in [-0.39, 0.29) is 17.6 Å². The van der Waals surface area contributed by atoms with Crippen LogP contribution in [0, 0.1) is 17.6 Å². The molecule has 0 bridgehead atoms. The van der Waals surface area contributed by atoms with Gasteiger partial charge in [0.1, 0.15) is 0 Å². The van der Waals surface area contributed by atoms with Crippen LogP contribution in [0.25, 0.3) is 0 Å². The van der Waals surface area contributed by atoms with Gasteiger partial charge in [-0.15, -0.1) is 0 Å². The van der Waals surface area contributed by atoms with Gasteiger partial charge in [0.05, 0.1) is 18.4 Å². The minimum Gasteiger partial charge on any atom is -0.465 e. The van der Waals surface area contributed by atoms with E-state index in [4.69, 9.17) is 5.73 Å². The SMILES string of the molecule is COC(=O)c1ccc(NC2CCCCC2CN)c(F)c1F. The summed E-state index contributed by atoms with van der Waals surface area (Å²) in [4.78, 5) is 11.3. The molecule has 0 saturated heterocycles. The van der Waals surface area contributed by atoms with Gasteiger partial charge >= 0.3 is 5.97 Å². The Balaban J connectivity index is 2.21. The summed E-state index contributed by atoms with van der Waals surface area (Å²) in [7, 11) is 1.12. The van der Waals surface area contributed by atoms with Gasteiger partial charge in [-0.25, -0.2) is 13.6 Å². The highest BCUT2D eigenvalue weighted by molar-refractivity contribution is 5.90. The van der Waals surface area contributed by atoms with Crippen LogP contribution in [0.3, 0.4) is 0 Å². The molecule has 0 amide bonds. The van der Waals surface area contributed by atoms with E-state index in [9.17, 15) is 13.6 Å². The van der Waals surface area contributed by atoms with E-state index in [1.807, 2.05) is 0 Å². The predicted octanol–water partition coefficient (Wildman–Crippen LogP) is 2.68. The highest BCUT2D eigenvalue weighted by Crippen LogP contribution is 2.29. The molecule has 0 radical (unpaired) electrons. The van der Waals surface area contributed by atoms with Crippen molar-refractivity contribution in [2.24, 2.45) is 11.7 Å². The van der Waals surface area contributed by atoms with Crippen molar-refractivity contribution >= 4 is 11.7 Å². The van der Waals surface area contributed by atoms with Gasteiger partial charge in [0, 0.05) is 6.04 Å². The lowest BCUT2D eigenvalue weighted by molar-refractivity contribution is 0.0594. The Kier molecular flexibility index (Phi) is 5.12. The highest BCUT2D eigenvalue weighted by Gasteiger charge is 2.26. The fourth-order valence-corrected chi connectivity index (χ4v) is 2.81. The topological polar surface area (TPSA) is 64.3 Å². The number of ether oxygens (including phenoxy) is 1. The van der Waals surface area contributed by atoms with Crippen molar-refractivity contribution in [1.29, 1.82) is 0 Å². The monoisotopic (exact) mass is 298 g/mol. The normalized spacial score (nSPS) is 21.9. The number of nitrogens with two attached hydrogens (primary N) is 1. The number of hydrogen-bond donors (Lipinski definition) is 2. The van der Waals surface area contributed by atoms with Gasteiger partial charge in [-0.05, 0) is 37.4 Å². The van der Waals surface area contributed by atoms with Crippen molar-refractivity contribution in [2.75, 3.05) is 19.0 Å². The fourth-order valence-electron chi connectivity index (χ4n) is 2.81. The van der Waals surface area contributed by atoms with Crippen LogP contribution < -0.4 is 11.1 Å². The molecule has 0 aliphatic heterocycles. The summed E-state index contributed by atoms with van der Waals surface area (Å²) in [5, 5.41) is 3.03. The molecule has 6 heteroatoms. The number of carbonyl (C=O) groups excluding carboxylic acids is 1. The molecule has 1 aliphatic rings. The van der Waals surface area contributed by atoms with E-state index in [0.29, 0.717) is 6.54 Å². The molecule has 2 rings (SSSR count). The molecule has 4 nitrogen and oxygen atoms in total. The zero-order valence-corrected chi connectivity index (χ0v) is 12.0. The molecule has 0 spiro atoms. The zero-order chi connectivity index (χ0) is 15.4. The van der Waals surface area contributed by atoms with E-state index < -0.39 is 23.2 Å². The summed E-state index contributed by atoms with van der Waals surface area (Å²) < 4.78 is 32.4. The van der Waals surface area contributed by atoms with Crippen molar-refractivity contribution in [1.82, 2.24) is 0 Å². The number of rotatable bonds is 4. The third-order valence-corrected chi connectivity index (χ3v) is 4.04. The summed E-state index contributed by atoms with van der Waals surface area (Å²) in [6.07, 6.45) is 4.01. The molecular weight excluding hydrogens is 278 g/mol. The van der Waals surface area contributed by atoms with E-state index in [2.05, 4.69) is 10.1 Å². The second kappa shape index (κ2) is 6.85. The minimum absolute atomic E-state index is 0.0293. The van der Waals surface area contributed by atoms with Crippen LogP contribution in [-0.2, 0) is 4.74 Å². The number of methoxy groups -OCH3 is 1. The van der Waals surface area contributed by atoms with Gasteiger partial charge in [-0.3, -0.25) is 0 Å². The van der Waals surface area contributed by atoms with E-state index in [1.54, 1.807) is 0 Å². The largest absolute Gasteiger partial charge is 0.465 e. The van der Waals surface area contributed by atoms with Crippen LogP contribution in [0.2, 0.25) is 0 Å². The first-order valence-corrected chi connectivity index (χ1v) is 7.11. The summed E-state index contributed by atoms with van der Waals surface area (Å²) in [5.41, 5.74) is 5.39. The molecule has 2 unspecified atom stereocenters. The van der Waals surface area contributed by atoms with Crippen molar-refractivity contribution < 1.29 is 18.3 Å². The van der Waals surface area contributed by atoms with Gasteiger partial charge in [0.25, 0.3) is 0 Å². The van der Waals surface area contributed by atoms with Gasteiger partial charge in [-0.2, -0.15) is 0 Å². The van der Waals surface area contributed by atoms with E-state index in [0.717, 1.165) is 32.8 Å². The molecule has 21 heavy (non-hydrogen) atoms. The molecule has 1 aromatic rings. The van der Waals surface area contributed by atoms with Gasteiger partial charge in [0.2, 0.25) is 0 Å².